The van der Waals surface area contributed by atoms with Crippen LogP contribution in [0.4, 0.5) is 0 Å². The fraction of sp³-hybridized carbons (Fsp3) is 0.500. The number of nitrogens with zero attached hydrogens (tertiary/aromatic N) is 4. The predicted molar refractivity (Wildman–Crippen MR) is 57.4 cm³/mol. The Balaban J connectivity index is 2.22. The Labute approximate surface area is 88.6 Å². The van der Waals surface area contributed by atoms with Gasteiger partial charge in [-0.05, 0) is 20.8 Å². The van der Waals surface area contributed by atoms with E-state index in [0.717, 1.165) is 11.5 Å². The van der Waals surface area contributed by atoms with Gasteiger partial charge in [-0.25, -0.2) is 4.98 Å². The van der Waals surface area contributed by atoms with Crippen LogP contribution in [0.5, 0.6) is 0 Å². The fourth-order valence-corrected chi connectivity index (χ4v) is 1.26. The van der Waals surface area contributed by atoms with Gasteiger partial charge in [0.15, 0.2) is 11.5 Å². The summed E-state index contributed by atoms with van der Waals surface area (Å²) < 4.78 is 1.89. The molecule has 5 nitrogen and oxygen atoms in total. The maximum Gasteiger partial charge on any atom is 0.163 e. The average Bonchev–Trinajstić information content (AvgIpc) is 2.57. The second-order valence-corrected chi connectivity index (χ2v) is 4.53. The Bertz CT molecular complexity index is 454. The standard InChI is InChI=1S/C10H15N5/c1-10(2,3)12-6-9-14-13-8-4-5-11-7-15(8)9/h4-5,7,12H,6H2,1-3H3. The molecule has 0 fully saturated rings. The van der Waals surface area contributed by atoms with E-state index in [0.29, 0.717) is 6.54 Å². The highest BCUT2D eigenvalue weighted by Crippen LogP contribution is 2.04. The van der Waals surface area contributed by atoms with E-state index in [1.165, 1.54) is 0 Å². The normalized spacial score (nSPS) is 12.2. The Morgan fingerprint density at radius 2 is 2.13 bits per heavy atom. The van der Waals surface area contributed by atoms with Crippen molar-refractivity contribution < 1.29 is 0 Å². The Kier molecular flexibility index (Phi) is 2.40. The number of aromatic nitrogens is 4. The van der Waals surface area contributed by atoms with Crippen LogP contribution < -0.4 is 5.32 Å². The van der Waals surface area contributed by atoms with Crippen molar-refractivity contribution in [1.29, 1.82) is 0 Å². The molecular weight excluding hydrogens is 190 g/mol. The molecule has 0 radical (unpaired) electrons. The molecule has 0 aliphatic carbocycles. The van der Waals surface area contributed by atoms with Gasteiger partial charge in [0.2, 0.25) is 0 Å². The number of rotatable bonds is 2. The van der Waals surface area contributed by atoms with Gasteiger partial charge in [-0.3, -0.25) is 4.40 Å². The summed E-state index contributed by atoms with van der Waals surface area (Å²) in [6.45, 7) is 7.05. The predicted octanol–water partition coefficient (Wildman–Crippen LogP) is 1.01. The van der Waals surface area contributed by atoms with Crippen molar-refractivity contribution in [2.75, 3.05) is 0 Å². The Morgan fingerprint density at radius 1 is 1.33 bits per heavy atom. The third-order valence-electron chi connectivity index (χ3n) is 2.06. The molecule has 0 aliphatic rings. The molecule has 0 aliphatic heterocycles. The van der Waals surface area contributed by atoms with Gasteiger partial charge in [-0.1, -0.05) is 0 Å². The summed E-state index contributed by atoms with van der Waals surface area (Å²) in [7, 11) is 0. The van der Waals surface area contributed by atoms with E-state index < -0.39 is 0 Å². The third kappa shape index (κ3) is 2.30. The maximum atomic E-state index is 4.11. The van der Waals surface area contributed by atoms with Gasteiger partial charge in [0.05, 0.1) is 6.54 Å². The summed E-state index contributed by atoms with van der Waals surface area (Å²) >= 11 is 0. The van der Waals surface area contributed by atoms with Gasteiger partial charge in [-0.2, -0.15) is 0 Å². The zero-order valence-electron chi connectivity index (χ0n) is 9.23. The minimum Gasteiger partial charge on any atom is -0.305 e. The number of hydrogen-bond donors (Lipinski definition) is 1. The van der Waals surface area contributed by atoms with E-state index >= 15 is 0 Å². The first-order valence-electron chi connectivity index (χ1n) is 4.95. The summed E-state index contributed by atoms with van der Waals surface area (Å²) in [6.07, 6.45) is 3.44. The van der Waals surface area contributed by atoms with Crippen LogP contribution in [0.3, 0.4) is 0 Å². The monoisotopic (exact) mass is 205 g/mol. The zero-order chi connectivity index (χ0) is 10.9. The quantitative estimate of drug-likeness (QED) is 0.795. The molecule has 0 unspecified atom stereocenters. The molecule has 15 heavy (non-hydrogen) atoms. The molecule has 0 saturated heterocycles. The van der Waals surface area contributed by atoms with Gasteiger partial charge >= 0.3 is 0 Å². The molecule has 0 saturated carbocycles. The first kappa shape index (κ1) is 10.0. The highest BCUT2D eigenvalue weighted by Gasteiger charge is 2.11. The molecule has 2 rings (SSSR count). The maximum absolute atomic E-state index is 4.11. The summed E-state index contributed by atoms with van der Waals surface area (Å²) in [5.74, 6) is 0.882. The lowest BCUT2D eigenvalue weighted by molar-refractivity contribution is 0.416. The lowest BCUT2D eigenvalue weighted by Gasteiger charge is -2.19. The molecule has 2 aromatic rings. The van der Waals surface area contributed by atoms with Gasteiger partial charge < -0.3 is 5.32 Å². The molecule has 0 spiro atoms. The molecule has 2 heterocycles. The van der Waals surface area contributed by atoms with E-state index in [1.54, 1.807) is 12.5 Å². The third-order valence-corrected chi connectivity index (χ3v) is 2.06. The van der Waals surface area contributed by atoms with Crippen molar-refractivity contribution in [3.8, 4) is 0 Å². The molecule has 5 heteroatoms. The van der Waals surface area contributed by atoms with Gasteiger partial charge in [0.1, 0.15) is 6.33 Å². The molecule has 0 bridgehead atoms. The SMILES string of the molecule is CC(C)(C)NCc1nnc2ccncn12. The molecule has 0 aromatic carbocycles. The molecule has 0 amide bonds. The van der Waals surface area contributed by atoms with Crippen LogP contribution in [0.15, 0.2) is 18.6 Å². The van der Waals surface area contributed by atoms with Gasteiger partial charge in [-0.15, -0.1) is 10.2 Å². The van der Waals surface area contributed by atoms with E-state index in [9.17, 15) is 0 Å². The van der Waals surface area contributed by atoms with E-state index in [4.69, 9.17) is 0 Å². The first-order valence-corrected chi connectivity index (χ1v) is 4.95. The van der Waals surface area contributed by atoms with Crippen LogP contribution in [0.2, 0.25) is 0 Å². The number of nitrogens with one attached hydrogen (secondary N) is 1. The van der Waals surface area contributed by atoms with Crippen LogP contribution in [0, 0.1) is 0 Å². The van der Waals surface area contributed by atoms with Crippen molar-refractivity contribution >= 4 is 5.65 Å². The van der Waals surface area contributed by atoms with Gasteiger partial charge in [0.25, 0.3) is 0 Å². The molecular formula is C10H15N5. The lowest BCUT2D eigenvalue weighted by atomic mass is 10.1. The summed E-state index contributed by atoms with van der Waals surface area (Å²) in [4.78, 5) is 4.05. The minimum atomic E-state index is 0.0774. The summed E-state index contributed by atoms with van der Waals surface area (Å²) in [6, 6.07) is 1.84. The van der Waals surface area contributed by atoms with E-state index in [2.05, 4.69) is 41.3 Å². The van der Waals surface area contributed by atoms with E-state index in [1.807, 2.05) is 10.5 Å². The molecule has 1 N–H and O–H groups in total. The highest BCUT2D eigenvalue weighted by molar-refractivity contribution is 5.35. The van der Waals surface area contributed by atoms with Crippen LogP contribution in [0.1, 0.15) is 26.6 Å². The average molecular weight is 205 g/mol. The Morgan fingerprint density at radius 3 is 2.87 bits per heavy atom. The van der Waals surface area contributed by atoms with Gasteiger partial charge in [0, 0.05) is 17.8 Å². The van der Waals surface area contributed by atoms with Crippen LogP contribution >= 0.6 is 0 Å². The minimum absolute atomic E-state index is 0.0774. The molecule has 2 aromatic heterocycles. The largest absolute Gasteiger partial charge is 0.305 e. The van der Waals surface area contributed by atoms with Crippen molar-refractivity contribution in [3.63, 3.8) is 0 Å². The fourth-order valence-electron chi connectivity index (χ4n) is 1.26. The second-order valence-electron chi connectivity index (χ2n) is 4.53. The molecule has 0 atom stereocenters. The zero-order valence-corrected chi connectivity index (χ0v) is 9.23. The summed E-state index contributed by atoms with van der Waals surface area (Å²) in [5.41, 5.74) is 0.907. The van der Waals surface area contributed by atoms with Crippen LogP contribution in [0.25, 0.3) is 5.65 Å². The second kappa shape index (κ2) is 3.58. The Hall–Kier alpha value is -1.49. The highest BCUT2D eigenvalue weighted by atomic mass is 15.3. The van der Waals surface area contributed by atoms with E-state index in [-0.39, 0.29) is 5.54 Å². The van der Waals surface area contributed by atoms with Crippen molar-refractivity contribution in [2.45, 2.75) is 32.9 Å². The smallest absolute Gasteiger partial charge is 0.163 e. The van der Waals surface area contributed by atoms with Crippen LogP contribution in [-0.2, 0) is 6.54 Å². The van der Waals surface area contributed by atoms with Crippen molar-refractivity contribution in [1.82, 2.24) is 24.9 Å². The topological polar surface area (TPSA) is 55.1 Å². The number of hydrogen-bond acceptors (Lipinski definition) is 4. The van der Waals surface area contributed by atoms with Crippen molar-refractivity contribution in [2.24, 2.45) is 0 Å². The van der Waals surface area contributed by atoms with Crippen molar-refractivity contribution in [3.05, 3.63) is 24.4 Å². The first-order chi connectivity index (χ1) is 7.06. The number of fused-ring (bicyclic) bond motifs is 1. The lowest BCUT2D eigenvalue weighted by Crippen LogP contribution is -2.35. The van der Waals surface area contributed by atoms with Crippen LogP contribution in [-0.4, -0.2) is 25.1 Å². The summed E-state index contributed by atoms with van der Waals surface area (Å²) in [5, 5.41) is 11.5. The molecule has 80 valence electrons.